The highest BCUT2D eigenvalue weighted by atomic mass is 16.6. The summed E-state index contributed by atoms with van der Waals surface area (Å²) < 4.78 is 0. The van der Waals surface area contributed by atoms with Gasteiger partial charge in [0.15, 0.2) is 0 Å². The van der Waals surface area contributed by atoms with Crippen molar-refractivity contribution >= 4 is 17.3 Å². The van der Waals surface area contributed by atoms with Crippen LogP contribution in [0, 0.1) is 10.1 Å². The fourth-order valence-corrected chi connectivity index (χ4v) is 3.19. The number of nitrogens with zero attached hydrogens (tertiary/aromatic N) is 1. The van der Waals surface area contributed by atoms with E-state index in [1.54, 1.807) is 6.07 Å². The number of pyridine rings is 1. The van der Waals surface area contributed by atoms with E-state index in [0.29, 0.717) is 5.69 Å². The van der Waals surface area contributed by atoms with Crippen molar-refractivity contribution in [1.82, 2.24) is 4.98 Å². The van der Waals surface area contributed by atoms with Gasteiger partial charge in [-0.05, 0) is 34.9 Å². The molecule has 0 unspecified atom stereocenters. The lowest BCUT2D eigenvalue weighted by Crippen LogP contribution is -2.23. The predicted molar refractivity (Wildman–Crippen MR) is 119 cm³/mol. The molecule has 7 nitrogen and oxygen atoms in total. The Morgan fingerprint density at radius 3 is 2.16 bits per heavy atom. The summed E-state index contributed by atoms with van der Waals surface area (Å²) in [6, 6.07) is 26.3. The van der Waals surface area contributed by atoms with E-state index in [1.807, 2.05) is 54.6 Å². The molecule has 31 heavy (non-hydrogen) atoms. The average Bonchev–Trinajstić information content (AvgIpc) is 2.80. The fraction of sp³-hybridized carbons (Fsp3) is 0. The molecular formula is C24H17N3O4. The van der Waals surface area contributed by atoms with Crippen LogP contribution < -0.4 is 10.9 Å². The molecule has 0 bridgehead atoms. The molecule has 4 aromatic rings. The number of nitrogens with one attached hydrogen (secondary N) is 2. The fourth-order valence-electron chi connectivity index (χ4n) is 3.19. The number of rotatable bonds is 5. The van der Waals surface area contributed by atoms with Crippen LogP contribution in [0.4, 0.5) is 11.4 Å². The number of anilines is 1. The Kier molecular flexibility index (Phi) is 5.40. The van der Waals surface area contributed by atoms with E-state index < -0.39 is 16.4 Å². The van der Waals surface area contributed by atoms with Crippen molar-refractivity contribution in [1.29, 1.82) is 0 Å². The first-order valence-electron chi connectivity index (χ1n) is 9.46. The van der Waals surface area contributed by atoms with Gasteiger partial charge in [-0.25, -0.2) is 0 Å². The van der Waals surface area contributed by atoms with Gasteiger partial charge in [-0.1, -0.05) is 60.7 Å². The molecule has 0 saturated heterocycles. The molecule has 3 aromatic carbocycles. The number of carbonyl (C=O) groups excluding carboxylic acids is 1. The Morgan fingerprint density at radius 1 is 0.806 bits per heavy atom. The summed E-state index contributed by atoms with van der Waals surface area (Å²) in [5.41, 5.74) is 2.98. The zero-order chi connectivity index (χ0) is 21.8. The maximum atomic E-state index is 12.5. The van der Waals surface area contributed by atoms with Gasteiger partial charge < -0.3 is 10.3 Å². The van der Waals surface area contributed by atoms with Crippen molar-refractivity contribution in [3.8, 4) is 22.4 Å². The van der Waals surface area contributed by atoms with Gasteiger partial charge in [0.1, 0.15) is 5.56 Å². The lowest BCUT2D eigenvalue weighted by molar-refractivity contribution is -0.384. The molecule has 152 valence electrons. The molecule has 0 spiro atoms. The quantitative estimate of drug-likeness (QED) is 0.361. The first-order valence-corrected chi connectivity index (χ1v) is 9.46. The molecule has 0 aliphatic rings. The topological polar surface area (TPSA) is 105 Å². The van der Waals surface area contributed by atoms with E-state index in [1.165, 1.54) is 30.3 Å². The van der Waals surface area contributed by atoms with Gasteiger partial charge in [-0.2, -0.15) is 0 Å². The maximum Gasteiger partial charge on any atom is 0.271 e. The number of aromatic nitrogens is 1. The van der Waals surface area contributed by atoms with Gasteiger partial charge in [-0.15, -0.1) is 0 Å². The third-order valence-corrected chi connectivity index (χ3v) is 4.77. The Labute approximate surface area is 177 Å². The van der Waals surface area contributed by atoms with E-state index in [2.05, 4.69) is 10.3 Å². The standard InChI is InChI=1S/C24H17N3O4/c28-23(25-19-7-4-8-20(15-19)27(30)31)21-13-14-22(26-24(21)29)18-11-9-17(10-12-18)16-5-2-1-3-6-16/h1-15H,(H,25,28)(H,26,29). The number of benzene rings is 3. The van der Waals surface area contributed by atoms with Crippen LogP contribution in [0.3, 0.4) is 0 Å². The van der Waals surface area contributed by atoms with Gasteiger partial charge in [0.2, 0.25) is 0 Å². The number of aromatic amines is 1. The van der Waals surface area contributed by atoms with E-state index in [4.69, 9.17) is 0 Å². The van der Waals surface area contributed by atoms with Crippen LogP contribution in [-0.2, 0) is 0 Å². The van der Waals surface area contributed by atoms with Crippen molar-refractivity contribution in [3.05, 3.63) is 117 Å². The molecule has 7 heteroatoms. The molecule has 0 fully saturated rings. The highest BCUT2D eigenvalue weighted by Gasteiger charge is 2.14. The summed E-state index contributed by atoms with van der Waals surface area (Å²) >= 11 is 0. The van der Waals surface area contributed by atoms with Gasteiger partial charge in [-0.3, -0.25) is 19.7 Å². The summed E-state index contributed by atoms with van der Waals surface area (Å²) in [4.78, 5) is 38.0. The predicted octanol–water partition coefficient (Wildman–Crippen LogP) is 4.87. The summed E-state index contributed by atoms with van der Waals surface area (Å²) in [6.45, 7) is 0. The molecular weight excluding hydrogens is 394 g/mol. The molecule has 4 rings (SSSR count). The normalized spacial score (nSPS) is 10.5. The Hall–Kier alpha value is -4.52. The van der Waals surface area contributed by atoms with E-state index in [-0.39, 0.29) is 16.9 Å². The Balaban J connectivity index is 1.54. The molecule has 2 N–H and O–H groups in total. The highest BCUT2D eigenvalue weighted by molar-refractivity contribution is 6.04. The van der Waals surface area contributed by atoms with Crippen molar-refractivity contribution in [2.75, 3.05) is 5.32 Å². The minimum atomic E-state index is -0.646. The monoisotopic (exact) mass is 411 g/mol. The van der Waals surface area contributed by atoms with Crippen molar-refractivity contribution in [2.45, 2.75) is 0 Å². The third-order valence-electron chi connectivity index (χ3n) is 4.77. The largest absolute Gasteiger partial charge is 0.322 e. The smallest absolute Gasteiger partial charge is 0.271 e. The van der Waals surface area contributed by atoms with Crippen molar-refractivity contribution in [2.24, 2.45) is 0 Å². The van der Waals surface area contributed by atoms with Gasteiger partial charge >= 0.3 is 0 Å². The summed E-state index contributed by atoms with van der Waals surface area (Å²) in [5.74, 6) is -0.646. The van der Waals surface area contributed by atoms with Crippen molar-refractivity contribution < 1.29 is 9.72 Å². The first-order chi connectivity index (χ1) is 15.0. The number of hydrogen-bond donors (Lipinski definition) is 2. The highest BCUT2D eigenvalue weighted by Crippen LogP contribution is 2.23. The van der Waals surface area contributed by atoms with E-state index in [0.717, 1.165) is 16.7 Å². The second kappa shape index (κ2) is 8.46. The first kappa shape index (κ1) is 19.8. The van der Waals surface area contributed by atoms with Gasteiger partial charge in [0.05, 0.1) is 4.92 Å². The van der Waals surface area contributed by atoms with Crippen LogP contribution in [0.1, 0.15) is 10.4 Å². The molecule has 0 aliphatic carbocycles. The number of nitro groups is 1. The molecule has 1 amide bonds. The number of amides is 1. The molecule has 1 heterocycles. The number of hydrogen-bond acceptors (Lipinski definition) is 4. The van der Waals surface area contributed by atoms with Crippen LogP contribution in [0.5, 0.6) is 0 Å². The van der Waals surface area contributed by atoms with Gasteiger partial charge in [0.25, 0.3) is 17.2 Å². The van der Waals surface area contributed by atoms with E-state index in [9.17, 15) is 19.7 Å². The molecule has 0 saturated carbocycles. The maximum absolute atomic E-state index is 12.5. The number of non-ortho nitro benzene ring substituents is 1. The number of H-pyrrole nitrogens is 1. The van der Waals surface area contributed by atoms with Crippen molar-refractivity contribution in [3.63, 3.8) is 0 Å². The second-order valence-corrected chi connectivity index (χ2v) is 6.82. The zero-order valence-electron chi connectivity index (χ0n) is 16.2. The van der Waals surface area contributed by atoms with Crippen LogP contribution >= 0.6 is 0 Å². The molecule has 0 radical (unpaired) electrons. The Bertz CT molecular complexity index is 1310. The summed E-state index contributed by atoms with van der Waals surface area (Å²) in [7, 11) is 0. The average molecular weight is 411 g/mol. The van der Waals surface area contributed by atoms with Crippen LogP contribution in [-0.4, -0.2) is 15.8 Å². The lowest BCUT2D eigenvalue weighted by Gasteiger charge is -2.07. The lowest BCUT2D eigenvalue weighted by atomic mass is 10.0. The molecule has 0 atom stereocenters. The molecule has 0 aliphatic heterocycles. The minimum Gasteiger partial charge on any atom is -0.322 e. The summed E-state index contributed by atoms with van der Waals surface area (Å²) in [6.07, 6.45) is 0. The number of nitro benzene ring substituents is 1. The van der Waals surface area contributed by atoms with Crippen LogP contribution in [0.15, 0.2) is 95.8 Å². The zero-order valence-corrected chi connectivity index (χ0v) is 16.2. The van der Waals surface area contributed by atoms with Crippen LogP contribution in [0.2, 0.25) is 0 Å². The van der Waals surface area contributed by atoms with E-state index >= 15 is 0 Å². The minimum absolute atomic E-state index is 0.0869. The van der Waals surface area contributed by atoms with Crippen LogP contribution in [0.25, 0.3) is 22.4 Å². The van der Waals surface area contributed by atoms with Gasteiger partial charge in [0, 0.05) is 23.5 Å². The third kappa shape index (κ3) is 4.40. The number of carbonyl (C=O) groups is 1. The second-order valence-electron chi connectivity index (χ2n) is 6.82. The molecule has 1 aromatic heterocycles. The summed E-state index contributed by atoms with van der Waals surface area (Å²) in [5, 5.41) is 13.4. The SMILES string of the molecule is O=C(Nc1cccc([N+](=O)[O-])c1)c1ccc(-c2ccc(-c3ccccc3)cc2)[nH]c1=O. The Morgan fingerprint density at radius 2 is 1.48 bits per heavy atom.